The van der Waals surface area contributed by atoms with Crippen LogP contribution in [0.3, 0.4) is 0 Å². The largest absolute Gasteiger partial charge is 0.390 e. The molecule has 112 valence electrons. The molecule has 0 radical (unpaired) electrons. The molecule has 0 saturated carbocycles. The van der Waals surface area contributed by atoms with Gasteiger partial charge in [0.2, 0.25) is 0 Å². The number of hydrogen-bond donors (Lipinski definition) is 2. The van der Waals surface area contributed by atoms with Gasteiger partial charge in [-0.2, -0.15) is 0 Å². The number of aliphatic hydroxyl groups excluding tert-OH is 2. The molecule has 2 N–H and O–H groups in total. The highest BCUT2D eigenvalue weighted by molar-refractivity contribution is 5.75. The van der Waals surface area contributed by atoms with E-state index >= 15 is 0 Å². The zero-order valence-electron chi connectivity index (χ0n) is 12.0. The lowest BCUT2D eigenvalue weighted by Gasteiger charge is -2.36. The Balaban J connectivity index is 2.23. The molecule has 1 saturated heterocycles. The van der Waals surface area contributed by atoms with Gasteiger partial charge in [-0.15, -0.1) is 0 Å². The highest BCUT2D eigenvalue weighted by Crippen LogP contribution is 2.23. The van der Waals surface area contributed by atoms with Gasteiger partial charge >= 0.3 is 0 Å². The summed E-state index contributed by atoms with van der Waals surface area (Å²) in [6, 6.07) is 0. The van der Waals surface area contributed by atoms with Crippen LogP contribution in [0.2, 0.25) is 0 Å². The van der Waals surface area contributed by atoms with Crippen molar-refractivity contribution >= 4 is 5.78 Å². The molecule has 5 heteroatoms. The first-order valence-corrected chi connectivity index (χ1v) is 7.06. The number of carbonyl (C=O) groups is 1. The van der Waals surface area contributed by atoms with Gasteiger partial charge < -0.3 is 24.5 Å². The highest BCUT2D eigenvalue weighted by Gasteiger charge is 2.35. The van der Waals surface area contributed by atoms with E-state index in [4.69, 9.17) is 9.47 Å². The van der Waals surface area contributed by atoms with Crippen molar-refractivity contribution in [2.75, 3.05) is 0 Å². The lowest BCUT2D eigenvalue weighted by Crippen LogP contribution is -2.48. The van der Waals surface area contributed by atoms with Crippen LogP contribution >= 0.6 is 0 Å². The fraction of sp³-hybridized carbons (Fsp3) is 0.929. The third-order valence-electron chi connectivity index (χ3n) is 3.44. The number of hydrogen-bond acceptors (Lipinski definition) is 5. The first-order valence-electron chi connectivity index (χ1n) is 7.06. The molecular weight excluding hydrogens is 248 g/mol. The van der Waals surface area contributed by atoms with Gasteiger partial charge in [-0.1, -0.05) is 6.42 Å². The summed E-state index contributed by atoms with van der Waals surface area (Å²) in [6.45, 7) is 5.29. The van der Waals surface area contributed by atoms with E-state index in [1.807, 2.05) is 6.92 Å². The molecule has 1 rings (SSSR count). The van der Waals surface area contributed by atoms with Crippen molar-refractivity contribution in [3.8, 4) is 0 Å². The molecule has 1 aliphatic heterocycles. The van der Waals surface area contributed by atoms with E-state index in [0.717, 1.165) is 19.3 Å². The minimum atomic E-state index is -0.786. The maximum atomic E-state index is 10.8. The van der Waals surface area contributed by atoms with Crippen LogP contribution < -0.4 is 0 Å². The summed E-state index contributed by atoms with van der Waals surface area (Å²) in [6.07, 6.45) is 1.06. The molecule has 0 bridgehead atoms. The molecule has 0 aromatic rings. The molecule has 1 fully saturated rings. The average molecular weight is 274 g/mol. The second kappa shape index (κ2) is 7.94. The van der Waals surface area contributed by atoms with E-state index in [2.05, 4.69) is 0 Å². The van der Waals surface area contributed by atoms with E-state index in [1.54, 1.807) is 13.8 Å². The number of ether oxygens (including phenoxy) is 2. The van der Waals surface area contributed by atoms with Crippen molar-refractivity contribution in [1.82, 2.24) is 0 Å². The smallest absolute Gasteiger partial charge is 0.184 e. The Hall–Kier alpha value is -0.490. The SMILES string of the molecule is CC(=O)CCCC[C@@H](C)O[C@@H]1OC(C)[C@H](O)C[C@@H]1O. The predicted molar refractivity (Wildman–Crippen MR) is 70.7 cm³/mol. The monoisotopic (exact) mass is 274 g/mol. The van der Waals surface area contributed by atoms with Gasteiger partial charge in [0, 0.05) is 12.8 Å². The summed E-state index contributed by atoms with van der Waals surface area (Å²) in [5.41, 5.74) is 0. The Kier molecular flexibility index (Phi) is 6.93. The molecule has 19 heavy (non-hydrogen) atoms. The van der Waals surface area contributed by atoms with Crippen LogP contribution in [0.1, 0.15) is 52.9 Å². The Bertz CT molecular complexity index is 281. The minimum absolute atomic E-state index is 0.0333. The number of carbonyl (C=O) groups excluding carboxylic acids is 1. The van der Waals surface area contributed by atoms with Gasteiger partial charge in [-0.3, -0.25) is 0 Å². The Morgan fingerprint density at radius 1 is 1.37 bits per heavy atom. The minimum Gasteiger partial charge on any atom is -0.390 e. The van der Waals surface area contributed by atoms with E-state index < -0.39 is 18.5 Å². The zero-order valence-corrected chi connectivity index (χ0v) is 12.0. The second-order valence-corrected chi connectivity index (χ2v) is 5.47. The van der Waals surface area contributed by atoms with Crippen LogP contribution in [0.4, 0.5) is 0 Å². The third-order valence-corrected chi connectivity index (χ3v) is 3.44. The average Bonchev–Trinajstić information content (AvgIpc) is 2.31. The molecule has 0 aromatic carbocycles. The maximum absolute atomic E-state index is 10.8. The van der Waals surface area contributed by atoms with Gasteiger partial charge in [0.15, 0.2) is 6.29 Å². The number of Topliss-reactive ketones (excluding diaryl/α,β-unsaturated/α-hetero) is 1. The van der Waals surface area contributed by atoms with Crippen molar-refractivity contribution in [2.45, 2.75) is 83.6 Å². The van der Waals surface area contributed by atoms with Crippen LogP contribution in [0.25, 0.3) is 0 Å². The van der Waals surface area contributed by atoms with Crippen LogP contribution in [-0.2, 0) is 14.3 Å². The Morgan fingerprint density at radius 2 is 2.05 bits per heavy atom. The van der Waals surface area contributed by atoms with Crippen LogP contribution in [0.15, 0.2) is 0 Å². The zero-order chi connectivity index (χ0) is 14.4. The number of unbranched alkanes of at least 4 members (excludes halogenated alkanes) is 1. The molecule has 0 aliphatic carbocycles. The van der Waals surface area contributed by atoms with Crippen molar-refractivity contribution in [1.29, 1.82) is 0 Å². The van der Waals surface area contributed by atoms with Crippen LogP contribution in [-0.4, -0.2) is 46.7 Å². The summed E-state index contributed by atoms with van der Waals surface area (Å²) >= 11 is 0. The van der Waals surface area contributed by atoms with E-state index in [0.29, 0.717) is 6.42 Å². The fourth-order valence-corrected chi connectivity index (χ4v) is 2.17. The van der Waals surface area contributed by atoms with Crippen molar-refractivity contribution in [3.63, 3.8) is 0 Å². The maximum Gasteiger partial charge on any atom is 0.184 e. The Morgan fingerprint density at radius 3 is 2.68 bits per heavy atom. The summed E-state index contributed by atoms with van der Waals surface area (Å²) in [4.78, 5) is 10.8. The first-order chi connectivity index (χ1) is 8.90. The topological polar surface area (TPSA) is 76.0 Å². The molecular formula is C14H26O5. The van der Waals surface area contributed by atoms with E-state index in [-0.39, 0.29) is 24.4 Å². The Labute approximate surface area is 114 Å². The summed E-state index contributed by atoms with van der Waals surface area (Å²) in [5.74, 6) is 0.211. The van der Waals surface area contributed by atoms with E-state index in [9.17, 15) is 15.0 Å². The van der Waals surface area contributed by atoms with Crippen LogP contribution in [0, 0.1) is 0 Å². The molecule has 0 amide bonds. The number of rotatable bonds is 7. The molecule has 1 aliphatic rings. The quantitative estimate of drug-likeness (QED) is 0.686. The summed E-state index contributed by atoms with van der Waals surface area (Å²) in [5, 5.41) is 19.3. The van der Waals surface area contributed by atoms with Gasteiger partial charge in [0.1, 0.15) is 11.9 Å². The van der Waals surface area contributed by atoms with Gasteiger partial charge in [0.05, 0.1) is 18.3 Å². The van der Waals surface area contributed by atoms with Crippen molar-refractivity contribution in [2.24, 2.45) is 0 Å². The number of ketones is 1. The predicted octanol–water partition coefficient (Wildman–Crippen LogP) is 1.40. The molecule has 5 nitrogen and oxygen atoms in total. The number of aliphatic hydroxyl groups is 2. The highest BCUT2D eigenvalue weighted by atomic mass is 16.7. The molecule has 5 atom stereocenters. The van der Waals surface area contributed by atoms with Crippen molar-refractivity contribution < 1.29 is 24.5 Å². The first kappa shape index (κ1) is 16.6. The van der Waals surface area contributed by atoms with Gasteiger partial charge in [-0.05, 0) is 33.6 Å². The lowest BCUT2D eigenvalue weighted by molar-refractivity contribution is -0.273. The normalized spacial score (nSPS) is 33.1. The second-order valence-electron chi connectivity index (χ2n) is 5.47. The molecule has 0 aromatic heterocycles. The van der Waals surface area contributed by atoms with Crippen molar-refractivity contribution in [3.05, 3.63) is 0 Å². The molecule has 1 heterocycles. The summed E-state index contributed by atoms with van der Waals surface area (Å²) < 4.78 is 11.1. The van der Waals surface area contributed by atoms with Gasteiger partial charge in [-0.25, -0.2) is 0 Å². The molecule has 0 spiro atoms. The fourth-order valence-electron chi connectivity index (χ4n) is 2.17. The third kappa shape index (κ3) is 5.99. The standard InChI is InChI=1S/C14H26O5/c1-9(15)6-4-5-7-10(2)18-14-13(17)8-12(16)11(3)19-14/h10-14,16-17H,4-8H2,1-3H3/t10-,11?,12-,13+,14-/m1/s1. The van der Waals surface area contributed by atoms with E-state index in [1.165, 1.54) is 0 Å². The molecule has 1 unspecified atom stereocenters. The van der Waals surface area contributed by atoms with Crippen LogP contribution in [0.5, 0.6) is 0 Å². The lowest BCUT2D eigenvalue weighted by atomic mass is 10.0. The summed E-state index contributed by atoms with van der Waals surface area (Å²) in [7, 11) is 0. The van der Waals surface area contributed by atoms with Gasteiger partial charge in [0.25, 0.3) is 0 Å².